The zero-order chi connectivity index (χ0) is 17.6. The molecule has 5 nitrogen and oxygen atoms in total. The number of halogens is 1. The molecule has 0 saturated carbocycles. The zero-order valence-electron chi connectivity index (χ0n) is 14.9. The summed E-state index contributed by atoms with van der Waals surface area (Å²) >= 11 is 0. The molecule has 0 unspecified atom stereocenters. The SMILES string of the molecule is CCc1cccc(NC(N)=NCc2ncc(-c3ccc(C)cc3)o2)c1.I. The normalized spacial score (nSPS) is 11.1. The van der Waals surface area contributed by atoms with Crippen LogP contribution in [0.25, 0.3) is 11.3 Å². The highest BCUT2D eigenvalue weighted by Crippen LogP contribution is 2.21. The number of hydrogen-bond acceptors (Lipinski definition) is 3. The maximum absolute atomic E-state index is 5.95. The summed E-state index contributed by atoms with van der Waals surface area (Å²) in [5, 5.41) is 3.09. The molecule has 0 radical (unpaired) electrons. The molecule has 0 aliphatic carbocycles. The first kappa shape index (κ1) is 20.0. The number of nitrogens with zero attached hydrogens (tertiary/aromatic N) is 2. The van der Waals surface area contributed by atoms with Gasteiger partial charge in [-0.25, -0.2) is 9.98 Å². The summed E-state index contributed by atoms with van der Waals surface area (Å²) in [5.41, 5.74) is 10.3. The van der Waals surface area contributed by atoms with Crippen LogP contribution in [0.5, 0.6) is 0 Å². The smallest absolute Gasteiger partial charge is 0.216 e. The Balaban J connectivity index is 0.00000243. The van der Waals surface area contributed by atoms with E-state index in [0.717, 1.165) is 23.4 Å². The number of benzene rings is 2. The number of aryl methyl sites for hydroxylation is 2. The van der Waals surface area contributed by atoms with Gasteiger partial charge in [-0.05, 0) is 31.0 Å². The molecule has 0 aliphatic heterocycles. The van der Waals surface area contributed by atoms with Gasteiger partial charge in [-0.3, -0.25) is 0 Å². The molecule has 0 aliphatic rings. The predicted molar refractivity (Wildman–Crippen MR) is 117 cm³/mol. The Bertz CT molecular complexity index is 872. The lowest BCUT2D eigenvalue weighted by atomic mass is 10.1. The summed E-state index contributed by atoms with van der Waals surface area (Å²) in [6.45, 7) is 4.46. The van der Waals surface area contributed by atoms with E-state index in [4.69, 9.17) is 10.2 Å². The number of aliphatic imine (C=N–C) groups is 1. The third kappa shape index (κ3) is 5.32. The van der Waals surface area contributed by atoms with E-state index in [1.165, 1.54) is 11.1 Å². The molecule has 2 aromatic carbocycles. The molecule has 3 aromatic rings. The fourth-order valence-electron chi connectivity index (χ4n) is 2.44. The average Bonchev–Trinajstić information content (AvgIpc) is 3.10. The van der Waals surface area contributed by atoms with Crippen LogP contribution in [0, 0.1) is 6.92 Å². The van der Waals surface area contributed by atoms with Crippen molar-refractivity contribution in [2.75, 3.05) is 5.32 Å². The Morgan fingerprint density at radius 3 is 2.69 bits per heavy atom. The van der Waals surface area contributed by atoms with E-state index < -0.39 is 0 Å². The molecule has 0 atom stereocenters. The second kappa shape index (κ2) is 9.38. The molecule has 136 valence electrons. The quantitative estimate of drug-likeness (QED) is 0.326. The predicted octanol–water partition coefficient (Wildman–Crippen LogP) is 4.76. The molecule has 0 fully saturated rings. The summed E-state index contributed by atoms with van der Waals surface area (Å²) in [7, 11) is 0. The van der Waals surface area contributed by atoms with Gasteiger partial charge in [-0.2, -0.15) is 0 Å². The van der Waals surface area contributed by atoms with Crippen molar-refractivity contribution in [1.29, 1.82) is 0 Å². The van der Waals surface area contributed by atoms with Gasteiger partial charge in [-0.15, -0.1) is 24.0 Å². The van der Waals surface area contributed by atoms with Gasteiger partial charge in [0.1, 0.15) is 6.54 Å². The van der Waals surface area contributed by atoms with E-state index in [1.54, 1.807) is 6.20 Å². The Labute approximate surface area is 170 Å². The third-order valence-electron chi connectivity index (χ3n) is 3.88. The van der Waals surface area contributed by atoms with Crippen molar-refractivity contribution in [2.45, 2.75) is 26.8 Å². The standard InChI is InChI=1S/C20H22N4O.HI/c1-3-15-5-4-6-17(11-15)24-20(21)23-13-19-22-12-18(25-19)16-9-7-14(2)8-10-16;/h4-12H,3,13H2,1-2H3,(H3,21,23,24);1H. The minimum absolute atomic E-state index is 0. The summed E-state index contributed by atoms with van der Waals surface area (Å²) in [6, 6.07) is 16.2. The highest BCUT2D eigenvalue weighted by Gasteiger charge is 2.06. The Hall–Kier alpha value is -2.35. The van der Waals surface area contributed by atoms with Gasteiger partial charge in [0.05, 0.1) is 6.20 Å². The molecular formula is C20H23IN4O. The van der Waals surface area contributed by atoms with E-state index in [0.29, 0.717) is 11.9 Å². The van der Waals surface area contributed by atoms with Crippen LogP contribution in [0.1, 0.15) is 23.9 Å². The first-order valence-electron chi connectivity index (χ1n) is 8.31. The van der Waals surface area contributed by atoms with Crippen LogP contribution < -0.4 is 11.1 Å². The van der Waals surface area contributed by atoms with Gasteiger partial charge in [-0.1, -0.05) is 48.9 Å². The number of anilines is 1. The van der Waals surface area contributed by atoms with Crippen molar-refractivity contribution in [3.8, 4) is 11.3 Å². The van der Waals surface area contributed by atoms with E-state index >= 15 is 0 Å². The van der Waals surface area contributed by atoms with Gasteiger partial charge < -0.3 is 15.5 Å². The summed E-state index contributed by atoms with van der Waals surface area (Å²) < 4.78 is 5.75. The van der Waals surface area contributed by atoms with Gasteiger partial charge >= 0.3 is 0 Å². The van der Waals surface area contributed by atoms with Crippen molar-refractivity contribution < 1.29 is 4.42 Å². The van der Waals surface area contributed by atoms with Gasteiger partial charge in [0, 0.05) is 11.3 Å². The molecular weight excluding hydrogens is 439 g/mol. The Morgan fingerprint density at radius 1 is 1.19 bits per heavy atom. The highest BCUT2D eigenvalue weighted by atomic mass is 127. The molecule has 6 heteroatoms. The Kier molecular flexibility index (Phi) is 7.20. The van der Waals surface area contributed by atoms with Crippen molar-refractivity contribution in [3.05, 3.63) is 71.7 Å². The first-order chi connectivity index (χ1) is 12.1. The Morgan fingerprint density at radius 2 is 1.96 bits per heavy atom. The van der Waals surface area contributed by atoms with Crippen LogP contribution in [0.2, 0.25) is 0 Å². The molecule has 0 bridgehead atoms. The van der Waals surface area contributed by atoms with E-state index in [1.807, 2.05) is 36.4 Å². The number of nitrogens with two attached hydrogens (primary N) is 1. The third-order valence-corrected chi connectivity index (χ3v) is 3.88. The van der Waals surface area contributed by atoms with Gasteiger partial charge in [0.25, 0.3) is 0 Å². The van der Waals surface area contributed by atoms with Gasteiger partial charge in [0.15, 0.2) is 11.7 Å². The van der Waals surface area contributed by atoms with Crippen molar-refractivity contribution >= 4 is 35.6 Å². The fourth-order valence-corrected chi connectivity index (χ4v) is 2.44. The fraction of sp³-hybridized carbons (Fsp3) is 0.200. The molecule has 3 N–H and O–H groups in total. The van der Waals surface area contributed by atoms with Crippen molar-refractivity contribution in [3.63, 3.8) is 0 Å². The lowest BCUT2D eigenvalue weighted by Crippen LogP contribution is -2.22. The van der Waals surface area contributed by atoms with Crippen LogP contribution in [-0.2, 0) is 13.0 Å². The van der Waals surface area contributed by atoms with Crippen LogP contribution >= 0.6 is 24.0 Å². The monoisotopic (exact) mass is 462 g/mol. The number of oxazole rings is 1. The first-order valence-corrected chi connectivity index (χ1v) is 8.31. The maximum atomic E-state index is 5.95. The summed E-state index contributed by atoms with van der Waals surface area (Å²) in [4.78, 5) is 8.56. The highest BCUT2D eigenvalue weighted by molar-refractivity contribution is 14.0. The molecule has 1 heterocycles. The van der Waals surface area contributed by atoms with E-state index in [-0.39, 0.29) is 30.5 Å². The number of rotatable bonds is 5. The molecule has 0 saturated heterocycles. The summed E-state index contributed by atoms with van der Waals surface area (Å²) in [5.74, 6) is 1.60. The molecule has 26 heavy (non-hydrogen) atoms. The number of aromatic nitrogens is 1. The average molecular weight is 462 g/mol. The molecule has 0 spiro atoms. The van der Waals surface area contributed by atoms with Crippen LogP contribution in [-0.4, -0.2) is 10.9 Å². The minimum atomic E-state index is 0. The largest absolute Gasteiger partial charge is 0.439 e. The topological polar surface area (TPSA) is 76.4 Å². The summed E-state index contributed by atoms with van der Waals surface area (Å²) in [6.07, 6.45) is 2.69. The molecule has 1 aromatic heterocycles. The van der Waals surface area contributed by atoms with Crippen LogP contribution in [0.4, 0.5) is 5.69 Å². The van der Waals surface area contributed by atoms with Crippen LogP contribution in [0.3, 0.4) is 0 Å². The lowest BCUT2D eigenvalue weighted by molar-refractivity contribution is 0.510. The van der Waals surface area contributed by atoms with Crippen molar-refractivity contribution in [1.82, 2.24) is 4.98 Å². The van der Waals surface area contributed by atoms with Gasteiger partial charge in [0.2, 0.25) is 5.89 Å². The number of nitrogens with one attached hydrogen (secondary N) is 1. The number of hydrogen-bond donors (Lipinski definition) is 2. The molecule has 0 amide bonds. The second-order valence-electron chi connectivity index (χ2n) is 5.86. The zero-order valence-corrected chi connectivity index (χ0v) is 17.2. The van der Waals surface area contributed by atoms with E-state index in [9.17, 15) is 0 Å². The minimum Gasteiger partial charge on any atom is -0.439 e. The lowest BCUT2D eigenvalue weighted by Gasteiger charge is -2.06. The molecule has 3 rings (SSSR count). The van der Waals surface area contributed by atoms with Crippen LogP contribution in [0.15, 0.2) is 64.1 Å². The van der Waals surface area contributed by atoms with Crippen molar-refractivity contribution in [2.24, 2.45) is 10.7 Å². The number of guanidine groups is 1. The second-order valence-corrected chi connectivity index (χ2v) is 5.86. The van der Waals surface area contributed by atoms with E-state index in [2.05, 4.69) is 41.3 Å². The maximum Gasteiger partial charge on any atom is 0.216 e.